The average Bonchev–Trinajstić information content (AvgIpc) is 3.17. The third-order valence-corrected chi connectivity index (χ3v) is 3.02. The van der Waals surface area contributed by atoms with Crippen molar-refractivity contribution in [3.8, 4) is 0 Å². The molecule has 114 valence electrons. The van der Waals surface area contributed by atoms with Crippen molar-refractivity contribution in [1.82, 2.24) is 25.6 Å². The van der Waals surface area contributed by atoms with Crippen LogP contribution in [0.1, 0.15) is 48.3 Å². The molecule has 0 bridgehead atoms. The summed E-state index contributed by atoms with van der Waals surface area (Å²) in [7, 11) is 0. The highest BCUT2D eigenvalue weighted by Gasteiger charge is 2.34. The van der Waals surface area contributed by atoms with Crippen LogP contribution in [0.5, 0.6) is 0 Å². The fourth-order valence-electron chi connectivity index (χ4n) is 1.94. The number of nitrogens with zero attached hydrogens (tertiary/aromatic N) is 3. The zero-order valence-corrected chi connectivity index (χ0v) is 11.6. The Hall–Kier alpha value is -2.45. The van der Waals surface area contributed by atoms with E-state index in [-0.39, 0.29) is 18.2 Å². The molecule has 21 heavy (non-hydrogen) atoms. The summed E-state index contributed by atoms with van der Waals surface area (Å²) >= 11 is 0. The van der Waals surface area contributed by atoms with E-state index in [2.05, 4.69) is 20.9 Å². The highest BCUT2D eigenvalue weighted by molar-refractivity contribution is 5.94. The standard InChI is InChI=1S/C12H17N5O4/c1-2-5-13-12(21)14-8(18)6-17-10(7-3-4-7)9(11(19)20)15-16-17/h7H,2-6H2,1H3,(H,19,20)(H2,13,14,18,21). The average molecular weight is 295 g/mol. The van der Waals surface area contributed by atoms with E-state index in [9.17, 15) is 14.4 Å². The van der Waals surface area contributed by atoms with Crippen molar-refractivity contribution in [2.75, 3.05) is 6.54 Å². The predicted octanol–water partition coefficient (Wildman–Crippen LogP) is 0.0895. The van der Waals surface area contributed by atoms with Gasteiger partial charge in [0.05, 0.1) is 5.69 Å². The van der Waals surface area contributed by atoms with Crippen LogP contribution < -0.4 is 10.6 Å². The summed E-state index contributed by atoms with van der Waals surface area (Å²) in [5.41, 5.74) is 0.326. The third-order valence-electron chi connectivity index (χ3n) is 3.02. The Balaban J connectivity index is 2.01. The van der Waals surface area contributed by atoms with Crippen LogP contribution in [-0.4, -0.2) is 44.6 Å². The summed E-state index contributed by atoms with van der Waals surface area (Å²) in [4.78, 5) is 34.2. The van der Waals surface area contributed by atoms with E-state index in [1.807, 2.05) is 6.92 Å². The van der Waals surface area contributed by atoms with Gasteiger partial charge in [-0.15, -0.1) is 5.10 Å². The van der Waals surface area contributed by atoms with E-state index in [0.717, 1.165) is 19.3 Å². The Kier molecular flexibility index (Phi) is 4.51. The normalized spacial score (nSPS) is 13.8. The SMILES string of the molecule is CCCNC(=O)NC(=O)Cn1nnc(C(=O)O)c1C1CC1. The van der Waals surface area contributed by atoms with Gasteiger partial charge in [-0.1, -0.05) is 12.1 Å². The maximum Gasteiger partial charge on any atom is 0.358 e. The minimum atomic E-state index is -1.16. The molecule has 1 aromatic rings. The van der Waals surface area contributed by atoms with Gasteiger partial charge in [0.15, 0.2) is 5.69 Å². The van der Waals surface area contributed by atoms with Gasteiger partial charge in [0, 0.05) is 12.5 Å². The second-order valence-electron chi connectivity index (χ2n) is 4.86. The maximum atomic E-state index is 11.8. The van der Waals surface area contributed by atoms with Crippen LogP contribution in [0.4, 0.5) is 4.79 Å². The van der Waals surface area contributed by atoms with Crippen LogP contribution in [0.25, 0.3) is 0 Å². The summed E-state index contributed by atoms with van der Waals surface area (Å²) < 4.78 is 1.25. The van der Waals surface area contributed by atoms with Crippen LogP contribution in [0, 0.1) is 0 Å². The Morgan fingerprint density at radius 3 is 2.67 bits per heavy atom. The quantitative estimate of drug-likeness (QED) is 0.682. The van der Waals surface area contributed by atoms with Crippen molar-refractivity contribution >= 4 is 17.9 Å². The number of carbonyl (C=O) groups excluding carboxylic acids is 2. The van der Waals surface area contributed by atoms with Crippen molar-refractivity contribution in [1.29, 1.82) is 0 Å². The first-order valence-electron chi connectivity index (χ1n) is 6.77. The molecule has 0 spiro atoms. The highest BCUT2D eigenvalue weighted by atomic mass is 16.4. The molecular weight excluding hydrogens is 278 g/mol. The molecule has 1 aromatic heterocycles. The molecule has 0 unspecified atom stereocenters. The summed E-state index contributed by atoms with van der Waals surface area (Å²) in [5.74, 6) is -1.65. The zero-order chi connectivity index (χ0) is 15.4. The van der Waals surface area contributed by atoms with Gasteiger partial charge in [0.1, 0.15) is 6.54 Å². The fraction of sp³-hybridized carbons (Fsp3) is 0.583. The number of carboxylic acids is 1. The van der Waals surface area contributed by atoms with Gasteiger partial charge in [0.25, 0.3) is 0 Å². The number of nitrogens with one attached hydrogen (secondary N) is 2. The van der Waals surface area contributed by atoms with Crippen LogP contribution in [-0.2, 0) is 11.3 Å². The lowest BCUT2D eigenvalue weighted by atomic mass is 10.2. The lowest BCUT2D eigenvalue weighted by Gasteiger charge is -2.07. The second-order valence-corrected chi connectivity index (χ2v) is 4.86. The topological polar surface area (TPSA) is 126 Å². The molecule has 0 aromatic carbocycles. The summed E-state index contributed by atoms with van der Waals surface area (Å²) in [6, 6.07) is -0.576. The van der Waals surface area contributed by atoms with Crippen LogP contribution in [0.3, 0.4) is 0 Å². The largest absolute Gasteiger partial charge is 0.476 e. The number of hydrogen-bond acceptors (Lipinski definition) is 5. The summed E-state index contributed by atoms with van der Waals surface area (Å²) in [6.07, 6.45) is 2.47. The molecule has 1 aliphatic rings. The van der Waals surface area contributed by atoms with Crippen LogP contribution >= 0.6 is 0 Å². The third kappa shape index (κ3) is 3.77. The maximum absolute atomic E-state index is 11.8. The predicted molar refractivity (Wildman–Crippen MR) is 70.8 cm³/mol. The molecule has 2 rings (SSSR count). The molecule has 9 heteroatoms. The van der Waals surface area contributed by atoms with Gasteiger partial charge in [-0.05, 0) is 19.3 Å². The van der Waals surface area contributed by atoms with E-state index in [0.29, 0.717) is 12.2 Å². The number of rotatable bonds is 6. The molecule has 1 heterocycles. The smallest absolute Gasteiger partial charge is 0.358 e. The monoisotopic (exact) mass is 295 g/mol. The van der Waals surface area contributed by atoms with Crippen LogP contribution in [0.2, 0.25) is 0 Å². The van der Waals surface area contributed by atoms with Crippen molar-refractivity contribution in [2.24, 2.45) is 0 Å². The van der Waals surface area contributed by atoms with E-state index >= 15 is 0 Å². The van der Waals surface area contributed by atoms with E-state index < -0.39 is 17.9 Å². The summed E-state index contributed by atoms with van der Waals surface area (Å²) in [6.45, 7) is 2.14. The van der Waals surface area contributed by atoms with Crippen molar-refractivity contribution in [2.45, 2.75) is 38.6 Å². The van der Waals surface area contributed by atoms with Gasteiger partial charge >= 0.3 is 12.0 Å². The summed E-state index contributed by atoms with van der Waals surface area (Å²) in [5, 5.41) is 21.0. The van der Waals surface area contributed by atoms with E-state index in [1.165, 1.54) is 4.68 Å². The fourth-order valence-corrected chi connectivity index (χ4v) is 1.94. The molecule has 9 nitrogen and oxygen atoms in total. The van der Waals surface area contributed by atoms with Crippen molar-refractivity contribution in [3.63, 3.8) is 0 Å². The molecule has 1 fully saturated rings. The highest BCUT2D eigenvalue weighted by Crippen LogP contribution is 2.41. The number of hydrogen-bond donors (Lipinski definition) is 3. The first kappa shape index (κ1) is 14.9. The first-order valence-corrected chi connectivity index (χ1v) is 6.77. The molecule has 0 radical (unpaired) electrons. The number of imide groups is 1. The van der Waals surface area contributed by atoms with Gasteiger partial charge in [-0.25, -0.2) is 14.3 Å². The van der Waals surface area contributed by atoms with Crippen molar-refractivity contribution in [3.05, 3.63) is 11.4 Å². The van der Waals surface area contributed by atoms with Gasteiger partial charge < -0.3 is 10.4 Å². The van der Waals surface area contributed by atoms with Gasteiger partial charge in [0.2, 0.25) is 5.91 Å². The van der Waals surface area contributed by atoms with Gasteiger partial charge in [-0.2, -0.15) is 0 Å². The Labute approximate surface area is 120 Å². The number of carboxylic acid groups (broad SMARTS) is 1. The Bertz CT molecular complexity index is 564. The minimum Gasteiger partial charge on any atom is -0.476 e. The molecule has 0 atom stereocenters. The second kappa shape index (κ2) is 6.33. The van der Waals surface area contributed by atoms with Crippen LogP contribution in [0.15, 0.2) is 0 Å². The number of carbonyl (C=O) groups is 3. The molecule has 3 N–H and O–H groups in total. The van der Waals surface area contributed by atoms with Gasteiger partial charge in [-0.3, -0.25) is 10.1 Å². The molecule has 0 aliphatic heterocycles. The van der Waals surface area contributed by atoms with Crippen molar-refractivity contribution < 1.29 is 19.5 Å². The minimum absolute atomic E-state index is 0.0767. The lowest BCUT2D eigenvalue weighted by molar-refractivity contribution is -0.120. The van der Waals surface area contributed by atoms with E-state index in [1.54, 1.807) is 0 Å². The number of amides is 3. The molecule has 3 amide bonds. The lowest BCUT2D eigenvalue weighted by Crippen LogP contribution is -2.41. The Morgan fingerprint density at radius 2 is 2.10 bits per heavy atom. The molecule has 1 saturated carbocycles. The number of urea groups is 1. The Morgan fingerprint density at radius 1 is 1.38 bits per heavy atom. The molecule has 0 saturated heterocycles. The molecule has 1 aliphatic carbocycles. The first-order chi connectivity index (χ1) is 10.0. The van der Waals surface area contributed by atoms with E-state index in [4.69, 9.17) is 5.11 Å². The number of aromatic nitrogens is 3. The molecular formula is C12H17N5O4. The zero-order valence-electron chi connectivity index (χ0n) is 11.6. The number of aromatic carboxylic acids is 1.